The van der Waals surface area contributed by atoms with Gasteiger partial charge in [-0.15, -0.1) is 0 Å². The number of nitrogens with zero attached hydrogens (tertiary/aromatic N) is 7. The average Bonchev–Trinajstić information content (AvgIpc) is 3.21. The molecule has 4 aromatic rings. The van der Waals surface area contributed by atoms with E-state index < -0.39 is 11.6 Å². The molecule has 1 atom stereocenters. The number of anilines is 2. The SMILES string of the molecule is Cc1nc2c(F)cc(-c3nc(Nc4ccc5c(n4)CCN(CCN(C)C)C5C)ncc3F)cc2n1C(C)(C)C. The molecular weight excluding hydrogens is 498 g/mol. The zero-order chi connectivity index (χ0) is 28.1. The molecule has 1 aromatic carbocycles. The summed E-state index contributed by atoms with van der Waals surface area (Å²) in [6.07, 6.45) is 1.94. The van der Waals surface area contributed by atoms with Crippen LogP contribution in [0.4, 0.5) is 20.5 Å². The summed E-state index contributed by atoms with van der Waals surface area (Å²) >= 11 is 0. The van der Waals surface area contributed by atoms with Gasteiger partial charge in [0.25, 0.3) is 0 Å². The summed E-state index contributed by atoms with van der Waals surface area (Å²) in [5.41, 5.74) is 3.09. The molecule has 4 heterocycles. The highest BCUT2D eigenvalue weighted by atomic mass is 19.1. The summed E-state index contributed by atoms with van der Waals surface area (Å²) in [6, 6.07) is 7.27. The molecule has 206 valence electrons. The van der Waals surface area contributed by atoms with Gasteiger partial charge in [0.05, 0.1) is 11.7 Å². The van der Waals surface area contributed by atoms with E-state index in [1.807, 2.05) is 38.3 Å². The second-order valence-corrected chi connectivity index (χ2v) is 11.5. The third kappa shape index (κ3) is 5.35. The Balaban J connectivity index is 1.44. The van der Waals surface area contributed by atoms with Gasteiger partial charge in [-0.2, -0.15) is 0 Å². The van der Waals surface area contributed by atoms with Gasteiger partial charge in [0.1, 0.15) is 22.9 Å². The van der Waals surface area contributed by atoms with Gasteiger partial charge in [0, 0.05) is 48.9 Å². The van der Waals surface area contributed by atoms with Gasteiger partial charge in [-0.3, -0.25) is 4.90 Å². The number of pyridine rings is 1. The van der Waals surface area contributed by atoms with Crippen LogP contribution in [0.1, 0.15) is 50.8 Å². The van der Waals surface area contributed by atoms with Crippen molar-refractivity contribution < 1.29 is 8.78 Å². The maximum absolute atomic E-state index is 15.1. The fourth-order valence-electron chi connectivity index (χ4n) is 5.42. The first-order chi connectivity index (χ1) is 18.4. The molecule has 8 nitrogen and oxygen atoms in total. The monoisotopic (exact) mass is 534 g/mol. The smallest absolute Gasteiger partial charge is 0.229 e. The number of benzene rings is 1. The lowest BCUT2D eigenvalue weighted by Crippen LogP contribution is -2.38. The van der Waals surface area contributed by atoms with Crippen LogP contribution < -0.4 is 5.32 Å². The molecule has 0 aliphatic carbocycles. The topological polar surface area (TPSA) is 75.0 Å². The summed E-state index contributed by atoms with van der Waals surface area (Å²) in [5.74, 6) is 0.307. The predicted molar refractivity (Wildman–Crippen MR) is 150 cm³/mol. The Morgan fingerprint density at radius 1 is 1.08 bits per heavy atom. The third-order valence-corrected chi connectivity index (χ3v) is 7.29. The lowest BCUT2D eigenvalue weighted by molar-refractivity contribution is 0.178. The molecule has 0 bridgehead atoms. The number of likely N-dealkylation sites (N-methyl/N-ethyl adjacent to an activating group) is 1. The average molecular weight is 535 g/mol. The molecule has 5 rings (SSSR count). The van der Waals surface area contributed by atoms with Crippen molar-refractivity contribution in [2.75, 3.05) is 39.0 Å². The van der Waals surface area contributed by atoms with E-state index in [0.29, 0.717) is 22.7 Å². The van der Waals surface area contributed by atoms with Crippen molar-refractivity contribution in [2.24, 2.45) is 0 Å². The molecule has 1 N–H and O–H groups in total. The lowest BCUT2D eigenvalue weighted by atomic mass is 9.98. The minimum absolute atomic E-state index is 0.00993. The molecule has 0 saturated heterocycles. The normalized spacial score (nSPS) is 16.2. The fourth-order valence-corrected chi connectivity index (χ4v) is 5.42. The number of imidazole rings is 1. The van der Waals surface area contributed by atoms with Gasteiger partial charge in [-0.25, -0.2) is 28.7 Å². The van der Waals surface area contributed by atoms with E-state index in [1.165, 1.54) is 11.6 Å². The highest BCUT2D eigenvalue weighted by Gasteiger charge is 2.26. The molecule has 0 spiro atoms. The molecule has 1 unspecified atom stereocenters. The maximum Gasteiger partial charge on any atom is 0.229 e. The van der Waals surface area contributed by atoms with E-state index in [2.05, 4.69) is 57.2 Å². The molecule has 39 heavy (non-hydrogen) atoms. The zero-order valence-corrected chi connectivity index (χ0v) is 23.7. The van der Waals surface area contributed by atoms with Crippen molar-refractivity contribution in [1.82, 2.24) is 34.3 Å². The van der Waals surface area contributed by atoms with Crippen LogP contribution in [-0.2, 0) is 12.0 Å². The van der Waals surface area contributed by atoms with Gasteiger partial charge in [0.15, 0.2) is 11.6 Å². The largest absolute Gasteiger partial charge is 0.323 e. The summed E-state index contributed by atoms with van der Waals surface area (Å²) in [4.78, 5) is 22.4. The minimum atomic E-state index is -0.636. The van der Waals surface area contributed by atoms with Crippen LogP contribution in [0.3, 0.4) is 0 Å². The first kappa shape index (κ1) is 27.1. The number of aromatic nitrogens is 5. The lowest BCUT2D eigenvalue weighted by Gasteiger charge is -2.35. The van der Waals surface area contributed by atoms with Crippen molar-refractivity contribution in [3.63, 3.8) is 0 Å². The van der Waals surface area contributed by atoms with Gasteiger partial charge in [-0.05, 0) is 72.5 Å². The van der Waals surface area contributed by atoms with Crippen LogP contribution in [0.15, 0.2) is 30.5 Å². The molecule has 0 amide bonds. The Hall–Kier alpha value is -3.50. The van der Waals surface area contributed by atoms with Crippen LogP contribution in [0, 0.1) is 18.6 Å². The van der Waals surface area contributed by atoms with Crippen LogP contribution in [0.5, 0.6) is 0 Å². The van der Waals surface area contributed by atoms with Gasteiger partial charge >= 0.3 is 0 Å². The molecule has 3 aromatic heterocycles. The second-order valence-electron chi connectivity index (χ2n) is 11.5. The Bertz CT molecular complexity index is 1520. The standard InChI is InChI=1S/C29H36F2N8/c1-17-20-8-9-25(34-23(20)10-11-38(17)13-12-37(6)7)35-28-32-16-22(31)26(36-28)19-14-21(30)27-24(15-19)39(18(2)33-27)29(3,4)5/h8-9,14-17H,10-13H2,1-7H3,(H,32,34,35,36). The second kappa shape index (κ2) is 10.2. The van der Waals surface area contributed by atoms with Crippen molar-refractivity contribution in [2.45, 2.75) is 52.6 Å². The number of aryl methyl sites for hydroxylation is 1. The maximum atomic E-state index is 15.1. The molecule has 0 saturated carbocycles. The highest BCUT2D eigenvalue weighted by Crippen LogP contribution is 2.33. The van der Waals surface area contributed by atoms with E-state index in [1.54, 1.807) is 6.07 Å². The summed E-state index contributed by atoms with van der Waals surface area (Å²) in [7, 11) is 4.17. The van der Waals surface area contributed by atoms with Gasteiger partial charge in [0.2, 0.25) is 5.95 Å². The zero-order valence-electron chi connectivity index (χ0n) is 23.7. The fraction of sp³-hybridized carbons (Fsp3) is 0.448. The Labute approximate surface area is 228 Å². The first-order valence-electron chi connectivity index (χ1n) is 13.3. The van der Waals surface area contributed by atoms with E-state index in [9.17, 15) is 4.39 Å². The molecular formula is C29H36F2N8. The number of hydrogen-bond donors (Lipinski definition) is 1. The van der Waals surface area contributed by atoms with Crippen molar-refractivity contribution in [1.29, 1.82) is 0 Å². The summed E-state index contributed by atoms with van der Waals surface area (Å²) in [6.45, 7) is 13.1. The van der Waals surface area contributed by atoms with E-state index >= 15 is 4.39 Å². The van der Waals surface area contributed by atoms with Gasteiger partial charge < -0.3 is 14.8 Å². The van der Waals surface area contributed by atoms with Gasteiger partial charge in [-0.1, -0.05) is 6.07 Å². The first-order valence-corrected chi connectivity index (χ1v) is 13.3. The molecule has 0 radical (unpaired) electrons. The number of fused-ring (bicyclic) bond motifs is 2. The number of nitrogens with one attached hydrogen (secondary N) is 1. The number of rotatable bonds is 6. The molecule has 0 fully saturated rings. The van der Waals surface area contributed by atoms with E-state index in [-0.39, 0.29) is 28.7 Å². The van der Waals surface area contributed by atoms with E-state index in [4.69, 9.17) is 4.98 Å². The van der Waals surface area contributed by atoms with Crippen LogP contribution >= 0.6 is 0 Å². The quantitative estimate of drug-likeness (QED) is 0.352. The Morgan fingerprint density at radius 2 is 1.85 bits per heavy atom. The number of halogens is 2. The number of hydrogen-bond acceptors (Lipinski definition) is 7. The molecule has 1 aliphatic rings. The highest BCUT2D eigenvalue weighted by molar-refractivity contribution is 5.83. The Morgan fingerprint density at radius 3 is 2.56 bits per heavy atom. The molecule has 10 heteroatoms. The van der Waals surface area contributed by atoms with E-state index in [0.717, 1.165) is 37.9 Å². The van der Waals surface area contributed by atoms with Crippen LogP contribution in [0.2, 0.25) is 0 Å². The predicted octanol–water partition coefficient (Wildman–Crippen LogP) is 5.45. The molecule has 1 aliphatic heterocycles. The van der Waals surface area contributed by atoms with Crippen molar-refractivity contribution in [3.8, 4) is 11.3 Å². The van der Waals surface area contributed by atoms with Crippen LogP contribution in [0.25, 0.3) is 22.3 Å². The van der Waals surface area contributed by atoms with Crippen LogP contribution in [-0.4, -0.2) is 68.0 Å². The summed E-state index contributed by atoms with van der Waals surface area (Å²) < 4.78 is 32.0. The third-order valence-electron chi connectivity index (χ3n) is 7.29. The van der Waals surface area contributed by atoms with Crippen molar-refractivity contribution in [3.05, 3.63) is 59.2 Å². The summed E-state index contributed by atoms with van der Waals surface area (Å²) in [5, 5.41) is 3.12. The minimum Gasteiger partial charge on any atom is -0.323 e. The van der Waals surface area contributed by atoms with Crippen molar-refractivity contribution >= 4 is 22.8 Å². The Kier molecular flexibility index (Phi) is 7.11.